The fourth-order valence-electron chi connectivity index (χ4n) is 2.54. The molecular weight excluding hydrogens is 334 g/mol. The van der Waals surface area contributed by atoms with Crippen LogP contribution in [0.2, 0.25) is 5.02 Å². The van der Waals surface area contributed by atoms with E-state index in [1.807, 2.05) is 31.5 Å². The third-order valence-corrected chi connectivity index (χ3v) is 4.22. The van der Waals surface area contributed by atoms with Gasteiger partial charge >= 0.3 is 0 Å². The fourth-order valence-corrected chi connectivity index (χ4v) is 2.67. The average molecular weight is 362 g/mol. The third-order valence-electron chi connectivity index (χ3n) is 3.96. The van der Waals surface area contributed by atoms with Crippen molar-refractivity contribution in [3.05, 3.63) is 53.1 Å². The smallest absolute Gasteiger partial charge is 0.191 e. The van der Waals surface area contributed by atoms with Crippen LogP contribution in [0.25, 0.3) is 0 Å². The summed E-state index contributed by atoms with van der Waals surface area (Å²) < 4.78 is 2.18. The SMILES string of the molecule is CCNC(=NCCCCn1ccnc1C)NCCc1ccc(Cl)cc1. The Bertz CT molecular complexity index is 648. The Kier molecular flexibility index (Phi) is 8.32. The molecule has 0 fully saturated rings. The van der Waals surface area contributed by atoms with Gasteiger partial charge in [0.05, 0.1) is 0 Å². The first-order valence-corrected chi connectivity index (χ1v) is 9.31. The van der Waals surface area contributed by atoms with Gasteiger partial charge < -0.3 is 15.2 Å². The number of aliphatic imine (C=N–C) groups is 1. The van der Waals surface area contributed by atoms with Crippen molar-refractivity contribution in [3.8, 4) is 0 Å². The topological polar surface area (TPSA) is 54.2 Å². The van der Waals surface area contributed by atoms with Crippen LogP contribution in [-0.4, -0.2) is 35.1 Å². The predicted octanol–water partition coefficient (Wildman–Crippen LogP) is 3.42. The summed E-state index contributed by atoms with van der Waals surface area (Å²) in [5.74, 6) is 1.95. The summed E-state index contributed by atoms with van der Waals surface area (Å²) in [6.45, 7) is 7.65. The standard InChI is InChI=1S/C19H28ClN5/c1-3-21-19(24-12-10-17-6-8-18(20)9-7-17)23-11-4-5-14-25-15-13-22-16(25)2/h6-9,13,15H,3-5,10-12,14H2,1-2H3,(H2,21,23,24). The summed E-state index contributed by atoms with van der Waals surface area (Å²) in [7, 11) is 0. The molecular formula is C19H28ClN5. The molecule has 2 aromatic rings. The van der Waals surface area contributed by atoms with Gasteiger partial charge in [0.15, 0.2) is 5.96 Å². The average Bonchev–Trinajstić information content (AvgIpc) is 3.01. The fraction of sp³-hybridized carbons (Fsp3) is 0.474. The number of guanidine groups is 1. The zero-order valence-corrected chi connectivity index (χ0v) is 15.9. The Morgan fingerprint density at radius 1 is 1.20 bits per heavy atom. The van der Waals surface area contributed by atoms with E-state index in [-0.39, 0.29) is 0 Å². The largest absolute Gasteiger partial charge is 0.357 e. The van der Waals surface area contributed by atoms with E-state index in [0.717, 1.165) is 62.2 Å². The number of aryl methyl sites for hydroxylation is 2. The first-order valence-electron chi connectivity index (χ1n) is 8.93. The molecule has 0 saturated heterocycles. The molecule has 0 saturated carbocycles. The molecule has 0 spiro atoms. The highest BCUT2D eigenvalue weighted by Gasteiger charge is 1.99. The second kappa shape index (κ2) is 10.8. The minimum atomic E-state index is 0.775. The van der Waals surface area contributed by atoms with Gasteiger partial charge in [-0.1, -0.05) is 23.7 Å². The van der Waals surface area contributed by atoms with Crippen molar-refractivity contribution in [1.29, 1.82) is 0 Å². The lowest BCUT2D eigenvalue weighted by Crippen LogP contribution is -2.38. The molecule has 1 aromatic heterocycles. The summed E-state index contributed by atoms with van der Waals surface area (Å²) >= 11 is 5.91. The summed E-state index contributed by atoms with van der Waals surface area (Å²) in [6.07, 6.45) is 6.99. The molecule has 1 heterocycles. The summed E-state index contributed by atoms with van der Waals surface area (Å²) in [6, 6.07) is 7.98. The normalized spacial score (nSPS) is 11.6. The van der Waals surface area contributed by atoms with E-state index in [2.05, 4.69) is 44.2 Å². The van der Waals surface area contributed by atoms with Crippen LogP contribution >= 0.6 is 11.6 Å². The lowest BCUT2D eigenvalue weighted by atomic mass is 10.1. The molecule has 1 aromatic carbocycles. The van der Waals surface area contributed by atoms with Crippen molar-refractivity contribution in [3.63, 3.8) is 0 Å². The molecule has 0 unspecified atom stereocenters. The minimum Gasteiger partial charge on any atom is -0.357 e. The highest BCUT2D eigenvalue weighted by atomic mass is 35.5. The molecule has 0 aliphatic heterocycles. The number of hydrogen-bond acceptors (Lipinski definition) is 2. The van der Waals surface area contributed by atoms with Crippen LogP contribution in [0.3, 0.4) is 0 Å². The van der Waals surface area contributed by atoms with E-state index < -0.39 is 0 Å². The molecule has 2 N–H and O–H groups in total. The predicted molar refractivity (Wildman–Crippen MR) is 105 cm³/mol. The molecule has 6 heteroatoms. The van der Waals surface area contributed by atoms with Crippen molar-refractivity contribution in [2.24, 2.45) is 4.99 Å². The number of nitrogens with zero attached hydrogens (tertiary/aromatic N) is 3. The summed E-state index contributed by atoms with van der Waals surface area (Å²) in [5.41, 5.74) is 1.27. The van der Waals surface area contributed by atoms with Gasteiger partial charge in [0.2, 0.25) is 0 Å². The molecule has 0 aliphatic rings. The Morgan fingerprint density at radius 2 is 2.00 bits per heavy atom. The van der Waals surface area contributed by atoms with Crippen molar-refractivity contribution < 1.29 is 0 Å². The molecule has 0 amide bonds. The van der Waals surface area contributed by atoms with Gasteiger partial charge in [-0.05, 0) is 50.8 Å². The molecule has 0 aliphatic carbocycles. The number of unbranched alkanes of at least 4 members (excludes halogenated alkanes) is 1. The monoisotopic (exact) mass is 361 g/mol. The van der Waals surface area contributed by atoms with E-state index in [0.29, 0.717) is 0 Å². The molecule has 136 valence electrons. The minimum absolute atomic E-state index is 0.775. The summed E-state index contributed by atoms with van der Waals surface area (Å²) in [5, 5.41) is 7.46. The van der Waals surface area contributed by atoms with Crippen LogP contribution in [0.1, 0.15) is 31.2 Å². The van der Waals surface area contributed by atoms with Crippen LogP contribution in [0.15, 0.2) is 41.7 Å². The van der Waals surface area contributed by atoms with Crippen LogP contribution in [0.5, 0.6) is 0 Å². The van der Waals surface area contributed by atoms with Crippen molar-refractivity contribution in [1.82, 2.24) is 20.2 Å². The zero-order valence-electron chi connectivity index (χ0n) is 15.1. The Balaban J connectivity index is 1.68. The maximum absolute atomic E-state index is 5.91. The van der Waals surface area contributed by atoms with Gasteiger partial charge in [0.1, 0.15) is 5.82 Å². The van der Waals surface area contributed by atoms with Crippen LogP contribution in [0, 0.1) is 6.92 Å². The van der Waals surface area contributed by atoms with Gasteiger partial charge in [-0.15, -0.1) is 0 Å². The molecule has 0 radical (unpaired) electrons. The Hall–Kier alpha value is -2.01. The van der Waals surface area contributed by atoms with Crippen molar-refractivity contribution in [2.45, 2.75) is 39.7 Å². The lowest BCUT2D eigenvalue weighted by Gasteiger charge is -2.11. The number of halogens is 1. The van der Waals surface area contributed by atoms with Crippen LogP contribution < -0.4 is 10.6 Å². The van der Waals surface area contributed by atoms with E-state index >= 15 is 0 Å². The number of aromatic nitrogens is 2. The van der Waals surface area contributed by atoms with E-state index in [1.54, 1.807) is 0 Å². The molecule has 0 atom stereocenters. The number of benzene rings is 1. The van der Waals surface area contributed by atoms with E-state index in [9.17, 15) is 0 Å². The van der Waals surface area contributed by atoms with Crippen LogP contribution in [0.4, 0.5) is 0 Å². The number of hydrogen-bond donors (Lipinski definition) is 2. The zero-order chi connectivity index (χ0) is 17.9. The highest BCUT2D eigenvalue weighted by Crippen LogP contribution is 2.09. The second-order valence-electron chi connectivity index (χ2n) is 5.94. The number of nitrogens with one attached hydrogen (secondary N) is 2. The first-order chi connectivity index (χ1) is 12.2. The van der Waals surface area contributed by atoms with E-state index in [1.165, 1.54) is 5.56 Å². The highest BCUT2D eigenvalue weighted by molar-refractivity contribution is 6.30. The third kappa shape index (κ3) is 7.18. The van der Waals surface area contributed by atoms with Crippen molar-refractivity contribution >= 4 is 17.6 Å². The number of rotatable bonds is 9. The first kappa shape index (κ1) is 19.3. The van der Waals surface area contributed by atoms with Gasteiger partial charge in [0, 0.05) is 43.6 Å². The molecule has 5 nitrogen and oxygen atoms in total. The van der Waals surface area contributed by atoms with Gasteiger partial charge in [-0.2, -0.15) is 0 Å². The summed E-state index contributed by atoms with van der Waals surface area (Å²) in [4.78, 5) is 8.89. The lowest BCUT2D eigenvalue weighted by molar-refractivity contribution is 0.600. The van der Waals surface area contributed by atoms with Gasteiger partial charge in [-0.25, -0.2) is 4.98 Å². The Labute approximate surface area is 155 Å². The molecule has 25 heavy (non-hydrogen) atoms. The Morgan fingerprint density at radius 3 is 2.68 bits per heavy atom. The maximum atomic E-state index is 5.91. The van der Waals surface area contributed by atoms with E-state index in [4.69, 9.17) is 11.6 Å². The molecule has 0 bridgehead atoms. The van der Waals surface area contributed by atoms with Gasteiger partial charge in [-0.3, -0.25) is 4.99 Å². The number of imidazole rings is 1. The van der Waals surface area contributed by atoms with Crippen molar-refractivity contribution in [2.75, 3.05) is 19.6 Å². The second-order valence-corrected chi connectivity index (χ2v) is 6.38. The van der Waals surface area contributed by atoms with Crippen LogP contribution in [-0.2, 0) is 13.0 Å². The molecule has 2 rings (SSSR count). The van der Waals surface area contributed by atoms with Gasteiger partial charge in [0.25, 0.3) is 0 Å². The quantitative estimate of drug-likeness (QED) is 0.409. The maximum Gasteiger partial charge on any atom is 0.191 e.